The number of nitrogens with one attached hydrogen (secondary N) is 1. The molecule has 22 heavy (non-hydrogen) atoms. The second-order valence-corrected chi connectivity index (χ2v) is 5.97. The maximum atomic E-state index is 12.4. The van der Waals surface area contributed by atoms with Gasteiger partial charge in [0.1, 0.15) is 0 Å². The van der Waals surface area contributed by atoms with E-state index >= 15 is 0 Å². The molecule has 0 saturated carbocycles. The van der Waals surface area contributed by atoms with Crippen molar-refractivity contribution in [2.75, 3.05) is 13.2 Å². The SMILES string of the molecule is CC(NC(=O)C(C)C(N)c1ccccc1)C1CCOCC1.Cl. The number of carbonyl (C=O) groups is 1. The Balaban J connectivity index is 0.00000242. The van der Waals surface area contributed by atoms with Crippen molar-refractivity contribution in [3.8, 4) is 0 Å². The van der Waals surface area contributed by atoms with E-state index in [1.807, 2.05) is 37.3 Å². The number of carbonyl (C=O) groups excluding carboxylic acids is 1. The zero-order valence-electron chi connectivity index (χ0n) is 13.3. The summed E-state index contributed by atoms with van der Waals surface area (Å²) in [7, 11) is 0. The van der Waals surface area contributed by atoms with Crippen molar-refractivity contribution in [3.05, 3.63) is 35.9 Å². The van der Waals surface area contributed by atoms with Crippen LogP contribution in [-0.2, 0) is 9.53 Å². The lowest BCUT2D eigenvalue weighted by molar-refractivity contribution is -0.126. The molecule has 2 rings (SSSR count). The summed E-state index contributed by atoms with van der Waals surface area (Å²) in [5, 5.41) is 3.13. The smallest absolute Gasteiger partial charge is 0.224 e. The summed E-state index contributed by atoms with van der Waals surface area (Å²) in [5.41, 5.74) is 7.21. The van der Waals surface area contributed by atoms with Gasteiger partial charge in [-0.3, -0.25) is 4.79 Å². The molecule has 0 spiro atoms. The van der Waals surface area contributed by atoms with Crippen LogP contribution < -0.4 is 11.1 Å². The van der Waals surface area contributed by atoms with Crippen LogP contribution in [0.3, 0.4) is 0 Å². The molecule has 1 aliphatic heterocycles. The van der Waals surface area contributed by atoms with Gasteiger partial charge in [0.25, 0.3) is 0 Å². The van der Waals surface area contributed by atoms with E-state index in [4.69, 9.17) is 10.5 Å². The number of nitrogens with two attached hydrogens (primary N) is 1. The van der Waals surface area contributed by atoms with Crippen molar-refractivity contribution < 1.29 is 9.53 Å². The number of halogens is 1. The Bertz CT molecular complexity index is 449. The maximum absolute atomic E-state index is 12.4. The van der Waals surface area contributed by atoms with Crippen molar-refractivity contribution in [2.24, 2.45) is 17.6 Å². The molecule has 1 saturated heterocycles. The van der Waals surface area contributed by atoms with E-state index in [1.54, 1.807) is 0 Å². The highest BCUT2D eigenvalue weighted by molar-refractivity contribution is 5.85. The van der Waals surface area contributed by atoms with Gasteiger partial charge in [0.15, 0.2) is 0 Å². The quantitative estimate of drug-likeness (QED) is 0.874. The minimum absolute atomic E-state index is 0. The van der Waals surface area contributed by atoms with Crippen LogP contribution in [0, 0.1) is 11.8 Å². The van der Waals surface area contributed by atoms with Crippen molar-refractivity contribution in [3.63, 3.8) is 0 Å². The molecule has 0 aliphatic carbocycles. The summed E-state index contributed by atoms with van der Waals surface area (Å²) in [6, 6.07) is 9.69. The third-order valence-electron chi connectivity index (χ3n) is 4.48. The van der Waals surface area contributed by atoms with E-state index < -0.39 is 0 Å². The van der Waals surface area contributed by atoms with Crippen LogP contribution in [0.25, 0.3) is 0 Å². The highest BCUT2D eigenvalue weighted by Crippen LogP contribution is 2.22. The molecule has 5 heteroatoms. The number of rotatable bonds is 5. The highest BCUT2D eigenvalue weighted by atomic mass is 35.5. The Morgan fingerprint density at radius 1 is 1.23 bits per heavy atom. The third kappa shape index (κ3) is 4.97. The highest BCUT2D eigenvalue weighted by Gasteiger charge is 2.26. The minimum atomic E-state index is -0.270. The van der Waals surface area contributed by atoms with Crippen LogP contribution in [0.2, 0.25) is 0 Å². The predicted molar refractivity (Wildman–Crippen MR) is 90.9 cm³/mol. The Morgan fingerprint density at radius 2 is 1.82 bits per heavy atom. The molecule has 1 aliphatic rings. The molecule has 1 aromatic rings. The van der Waals surface area contributed by atoms with Crippen LogP contribution in [0.5, 0.6) is 0 Å². The van der Waals surface area contributed by atoms with Crippen LogP contribution in [-0.4, -0.2) is 25.2 Å². The van der Waals surface area contributed by atoms with Crippen LogP contribution in [0.1, 0.15) is 38.3 Å². The molecule has 3 N–H and O–H groups in total. The molecule has 3 unspecified atom stereocenters. The summed E-state index contributed by atoms with van der Waals surface area (Å²) in [6.07, 6.45) is 2.03. The molecule has 0 aromatic heterocycles. The van der Waals surface area contributed by atoms with Crippen molar-refractivity contribution in [1.29, 1.82) is 0 Å². The zero-order valence-corrected chi connectivity index (χ0v) is 14.1. The Kier molecular flexibility index (Phi) is 7.87. The zero-order chi connectivity index (χ0) is 15.2. The van der Waals surface area contributed by atoms with Gasteiger partial charge in [-0.2, -0.15) is 0 Å². The van der Waals surface area contributed by atoms with Crippen LogP contribution >= 0.6 is 12.4 Å². The monoisotopic (exact) mass is 326 g/mol. The molecule has 3 atom stereocenters. The number of amides is 1. The molecular weight excluding hydrogens is 300 g/mol. The van der Waals surface area contributed by atoms with Crippen molar-refractivity contribution in [2.45, 2.75) is 38.8 Å². The Labute approximate surface area is 139 Å². The summed E-state index contributed by atoms with van der Waals surface area (Å²) in [6.45, 7) is 5.56. The minimum Gasteiger partial charge on any atom is -0.381 e. The van der Waals surface area contributed by atoms with Crippen LogP contribution in [0.15, 0.2) is 30.3 Å². The lowest BCUT2D eigenvalue weighted by Crippen LogP contribution is -2.44. The van der Waals surface area contributed by atoms with Gasteiger partial charge in [0, 0.05) is 25.3 Å². The third-order valence-corrected chi connectivity index (χ3v) is 4.48. The molecule has 4 nitrogen and oxygen atoms in total. The van der Waals surface area contributed by atoms with Gasteiger partial charge in [0.05, 0.1) is 5.92 Å². The second-order valence-electron chi connectivity index (χ2n) is 5.97. The van der Waals surface area contributed by atoms with E-state index in [0.717, 1.165) is 31.6 Å². The second kappa shape index (κ2) is 9.13. The van der Waals surface area contributed by atoms with Gasteiger partial charge in [-0.25, -0.2) is 0 Å². The average Bonchev–Trinajstić information content (AvgIpc) is 2.55. The van der Waals surface area contributed by atoms with Gasteiger partial charge in [-0.15, -0.1) is 12.4 Å². The fraction of sp³-hybridized carbons (Fsp3) is 0.588. The van der Waals surface area contributed by atoms with Gasteiger partial charge < -0.3 is 15.8 Å². The fourth-order valence-electron chi connectivity index (χ4n) is 2.82. The Morgan fingerprint density at radius 3 is 2.41 bits per heavy atom. The molecule has 1 heterocycles. The van der Waals surface area contributed by atoms with Crippen LogP contribution in [0.4, 0.5) is 0 Å². The first-order valence-electron chi connectivity index (χ1n) is 7.78. The molecular formula is C17H27ClN2O2. The fourth-order valence-corrected chi connectivity index (χ4v) is 2.82. The first-order valence-corrected chi connectivity index (χ1v) is 7.78. The van der Waals surface area contributed by atoms with Crippen molar-refractivity contribution >= 4 is 18.3 Å². The van der Waals surface area contributed by atoms with Gasteiger partial charge in [-0.1, -0.05) is 37.3 Å². The first kappa shape index (κ1) is 18.9. The lowest BCUT2D eigenvalue weighted by atomic mass is 9.91. The number of hydrogen-bond donors (Lipinski definition) is 2. The number of hydrogen-bond acceptors (Lipinski definition) is 3. The van der Waals surface area contributed by atoms with E-state index in [2.05, 4.69) is 12.2 Å². The maximum Gasteiger partial charge on any atom is 0.224 e. The van der Waals surface area contributed by atoms with E-state index in [1.165, 1.54) is 0 Å². The van der Waals surface area contributed by atoms with E-state index in [0.29, 0.717) is 5.92 Å². The van der Waals surface area contributed by atoms with Gasteiger partial charge in [0.2, 0.25) is 5.91 Å². The molecule has 0 bridgehead atoms. The Hall–Kier alpha value is -1.10. The van der Waals surface area contributed by atoms with E-state index in [-0.39, 0.29) is 36.3 Å². The molecule has 1 aromatic carbocycles. The largest absolute Gasteiger partial charge is 0.381 e. The van der Waals surface area contributed by atoms with Crippen molar-refractivity contribution in [1.82, 2.24) is 5.32 Å². The standard InChI is InChI=1S/C17H26N2O2.ClH/c1-12(16(18)15-6-4-3-5-7-15)17(20)19-13(2)14-8-10-21-11-9-14;/h3-7,12-14,16H,8-11,18H2,1-2H3,(H,19,20);1H. The summed E-state index contributed by atoms with van der Waals surface area (Å²) in [4.78, 5) is 12.4. The number of benzene rings is 1. The average molecular weight is 327 g/mol. The summed E-state index contributed by atoms with van der Waals surface area (Å²) >= 11 is 0. The normalized spacial score (nSPS) is 19.6. The lowest BCUT2D eigenvalue weighted by Gasteiger charge is -2.30. The van der Waals surface area contributed by atoms with E-state index in [9.17, 15) is 4.79 Å². The predicted octanol–water partition coefficient (Wildman–Crippen LogP) is 2.68. The number of ether oxygens (including phenoxy) is 1. The summed E-state index contributed by atoms with van der Waals surface area (Å²) < 4.78 is 5.37. The molecule has 124 valence electrons. The molecule has 0 radical (unpaired) electrons. The topological polar surface area (TPSA) is 64.4 Å². The first-order chi connectivity index (χ1) is 10.1. The van der Waals surface area contributed by atoms with Gasteiger partial charge in [-0.05, 0) is 31.2 Å². The molecule has 1 amide bonds. The molecule has 1 fully saturated rings. The van der Waals surface area contributed by atoms with Gasteiger partial charge >= 0.3 is 0 Å². The summed E-state index contributed by atoms with van der Waals surface area (Å²) in [5.74, 6) is 0.294.